The van der Waals surface area contributed by atoms with Crippen molar-refractivity contribution >= 4 is 12.0 Å². The first-order valence-electron chi connectivity index (χ1n) is 9.45. The zero-order chi connectivity index (χ0) is 17.6. The van der Waals surface area contributed by atoms with Crippen LogP contribution in [0.15, 0.2) is 42.0 Å². The zero-order valence-electron chi connectivity index (χ0n) is 15.3. The molecule has 2 aliphatic rings. The van der Waals surface area contributed by atoms with Crippen molar-refractivity contribution in [2.45, 2.75) is 39.2 Å². The second-order valence-corrected chi connectivity index (χ2v) is 7.31. The van der Waals surface area contributed by atoms with E-state index in [9.17, 15) is 4.79 Å². The molecule has 0 amide bonds. The normalized spacial score (nSPS) is 25.2. The molecule has 0 heterocycles. The van der Waals surface area contributed by atoms with Gasteiger partial charge in [-0.2, -0.15) is 0 Å². The lowest BCUT2D eigenvalue weighted by molar-refractivity contribution is -0.134. The van der Waals surface area contributed by atoms with Gasteiger partial charge in [-0.1, -0.05) is 49.3 Å². The number of carbonyl (C=O) groups is 1. The number of allylic oxidation sites excluding steroid dienone is 1. The molecule has 3 heteroatoms. The summed E-state index contributed by atoms with van der Waals surface area (Å²) >= 11 is 0. The number of esters is 1. The van der Waals surface area contributed by atoms with Gasteiger partial charge in [0.2, 0.25) is 0 Å². The van der Waals surface area contributed by atoms with Crippen molar-refractivity contribution < 1.29 is 9.53 Å². The lowest BCUT2D eigenvalue weighted by Gasteiger charge is -2.44. The molecule has 0 aliphatic heterocycles. The van der Waals surface area contributed by atoms with Crippen molar-refractivity contribution in [1.29, 1.82) is 0 Å². The Labute approximate surface area is 151 Å². The van der Waals surface area contributed by atoms with Gasteiger partial charge < -0.3 is 10.1 Å². The van der Waals surface area contributed by atoms with E-state index in [1.54, 1.807) is 11.6 Å². The molecule has 2 aliphatic carbocycles. The van der Waals surface area contributed by atoms with E-state index in [1.165, 1.54) is 44.4 Å². The molecule has 1 aromatic carbocycles. The molecule has 0 bridgehead atoms. The van der Waals surface area contributed by atoms with Crippen LogP contribution in [0.3, 0.4) is 0 Å². The van der Waals surface area contributed by atoms with Crippen molar-refractivity contribution in [1.82, 2.24) is 5.32 Å². The molecule has 1 aromatic rings. The fourth-order valence-electron chi connectivity index (χ4n) is 4.06. The molecule has 1 fully saturated rings. The van der Waals surface area contributed by atoms with Crippen LogP contribution in [0.2, 0.25) is 0 Å². The van der Waals surface area contributed by atoms with Crippen molar-refractivity contribution in [3.63, 3.8) is 0 Å². The number of fused-ring (bicyclic) bond motifs is 1. The Hall–Kier alpha value is -1.87. The second-order valence-electron chi connectivity index (χ2n) is 7.31. The number of carbonyl (C=O) groups excluding carboxylic acids is 1. The molecule has 1 N–H and O–H groups in total. The summed E-state index contributed by atoms with van der Waals surface area (Å²) < 4.78 is 4.60. The smallest absolute Gasteiger partial charge is 0.330 e. The van der Waals surface area contributed by atoms with Crippen LogP contribution >= 0.6 is 0 Å². The van der Waals surface area contributed by atoms with Gasteiger partial charge in [-0.05, 0) is 54.2 Å². The number of nitrogens with one attached hydrogen (secondary N) is 1. The maximum atomic E-state index is 11.1. The molecule has 0 radical (unpaired) electrons. The van der Waals surface area contributed by atoms with E-state index >= 15 is 0 Å². The van der Waals surface area contributed by atoms with Crippen LogP contribution in [0.1, 0.15) is 43.7 Å². The third-order valence-electron chi connectivity index (χ3n) is 5.71. The third kappa shape index (κ3) is 4.60. The maximum absolute atomic E-state index is 11.1. The number of ether oxygens (including phenoxy) is 1. The topological polar surface area (TPSA) is 38.3 Å². The molecule has 3 nitrogen and oxygen atoms in total. The second kappa shape index (κ2) is 8.48. The summed E-state index contributed by atoms with van der Waals surface area (Å²) in [7, 11) is 1.39. The summed E-state index contributed by atoms with van der Waals surface area (Å²) in [5, 5.41) is 3.61. The van der Waals surface area contributed by atoms with Crippen LogP contribution in [0, 0.1) is 17.8 Å². The van der Waals surface area contributed by atoms with Crippen LogP contribution in [0.4, 0.5) is 0 Å². The summed E-state index contributed by atoms with van der Waals surface area (Å²) in [5.74, 6) is 2.23. The standard InChI is InChI=1S/C22H29NO2/c1-3-16-8-10-21-19(12-16)13-20(21)15-23-14-18-6-4-17(5-7-18)9-11-22(24)25-2/h4-7,9-11,16,19-20,23H,3,8,12-15H2,1-2H3/b11-9+. The van der Waals surface area contributed by atoms with Crippen LogP contribution in [0.25, 0.3) is 6.08 Å². The summed E-state index contributed by atoms with van der Waals surface area (Å²) in [6, 6.07) is 8.28. The highest BCUT2D eigenvalue weighted by Gasteiger charge is 2.37. The molecule has 1 saturated carbocycles. The minimum atomic E-state index is -0.327. The van der Waals surface area contributed by atoms with E-state index in [2.05, 4.69) is 35.2 Å². The van der Waals surface area contributed by atoms with Crippen LogP contribution in [-0.2, 0) is 16.1 Å². The molecule has 0 saturated heterocycles. The first kappa shape index (κ1) is 17.9. The van der Waals surface area contributed by atoms with Crippen molar-refractivity contribution in [2.75, 3.05) is 13.7 Å². The van der Waals surface area contributed by atoms with E-state index < -0.39 is 0 Å². The molecule has 3 unspecified atom stereocenters. The Morgan fingerprint density at radius 3 is 2.76 bits per heavy atom. The number of hydrogen-bond donors (Lipinski definition) is 1. The number of benzene rings is 1. The van der Waals surface area contributed by atoms with E-state index in [0.717, 1.165) is 36.4 Å². The van der Waals surface area contributed by atoms with E-state index in [4.69, 9.17) is 0 Å². The lowest BCUT2D eigenvalue weighted by Crippen LogP contribution is -2.38. The molecular weight excluding hydrogens is 310 g/mol. The minimum absolute atomic E-state index is 0.327. The van der Waals surface area contributed by atoms with Gasteiger partial charge in [0.05, 0.1) is 7.11 Å². The molecule has 134 valence electrons. The van der Waals surface area contributed by atoms with E-state index in [0.29, 0.717) is 0 Å². The molecule has 0 aromatic heterocycles. The van der Waals surface area contributed by atoms with Gasteiger partial charge in [-0.15, -0.1) is 0 Å². The highest BCUT2D eigenvalue weighted by Crippen LogP contribution is 2.47. The quantitative estimate of drug-likeness (QED) is 0.456. The average molecular weight is 339 g/mol. The van der Waals surface area contributed by atoms with Gasteiger partial charge in [0, 0.05) is 19.2 Å². The van der Waals surface area contributed by atoms with Gasteiger partial charge in [0.1, 0.15) is 0 Å². The molecule has 3 atom stereocenters. The largest absolute Gasteiger partial charge is 0.466 e. The van der Waals surface area contributed by atoms with Gasteiger partial charge >= 0.3 is 5.97 Å². The van der Waals surface area contributed by atoms with Crippen molar-refractivity contribution in [2.24, 2.45) is 17.8 Å². The fraction of sp³-hybridized carbons (Fsp3) is 0.500. The van der Waals surface area contributed by atoms with Gasteiger partial charge in [-0.3, -0.25) is 0 Å². The number of rotatable bonds is 7. The van der Waals surface area contributed by atoms with Crippen molar-refractivity contribution in [3.05, 3.63) is 53.1 Å². The number of methoxy groups -OCH3 is 1. The Balaban J connectivity index is 1.42. The number of hydrogen-bond acceptors (Lipinski definition) is 3. The van der Waals surface area contributed by atoms with Crippen LogP contribution in [-0.4, -0.2) is 19.6 Å². The molecular formula is C22H29NO2. The highest BCUT2D eigenvalue weighted by molar-refractivity contribution is 5.86. The Morgan fingerprint density at radius 1 is 1.28 bits per heavy atom. The van der Waals surface area contributed by atoms with Crippen LogP contribution < -0.4 is 5.32 Å². The Bertz CT molecular complexity index is 644. The maximum Gasteiger partial charge on any atom is 0.330 e. The average Bonchev–Trinajstić information content (AvgIpc) is 2.64. The van der Waals surface area contributed by atoms with Gasteiger partial charge in [-0.25, -0.2) is 4.79 Å². The fourth-order valence-corrected chi connectivity index (χ4v) is 4.06. The zero-order valence-corrected chi connectivity index (χ0v) is 15.3. The van der Waals surface area contributed by atoms with Gasteiger partial charge in [0.15, 0.2) is 0 Å². The Kier molecular flexibility index (Phi) is 6.09. The summed E-state index contributed by atoms with van der Waals surface area (Å²) in [6.07, 6.45) is 11.2. The molecule has 0 spiro atoms. The summed E-state index contributed by atoms with van der Waals surface area (Å²) in [6.45, 7) is 4.30. The minimum Gasteiger partial charge on any atom is -0.466 e. The molecule has 3 rings (SSSR count). The highest BCUT2D eigenvalue weighted by atomic mass is 16.5. The SMILES string of the molecule is CCC1CC=C2C(CNCc3ccc(/C=C/C(=O)OC)cc3)CC2C1. The summed E-state index contributed by atoms with van der Waals surface area (Å²) in [4.78, 5) is 11.1. The first-order chi connectivity index (χ1) is 12.2. The third-order valence-corrected chi connectivity index (χ3v) is 5.71. The van der Waals surface area contributed by atoms with Crippen LogP contribution in [0.5, 0.6) is 0 Å². The predicted octanol–water partition coefficient (Wildman–Crippen LogP) is 4.34. The van der Waals surface area contributed by atoms with E-state index in [1.807, 2.05) is 12.1 Å². The van der Waals surface area contributed by atoms with Crippen molar-refractivity contribution in [3.8, 4) is 0 Å². The monoisotopic (exact) mass is 339 g/mol. The predicted molar refractivity (Wildman–Crippen MR) is 102 cm³/mol. The first-order valence-corrected chi connectivity index (χ1v) is 9.45. The lowest BCUT2D eigenvalue weighted by atomic mass is 9.62. The Morgan fingerprint density at radius 2 is 2.08 bits per heavy atom. The summed E-state index contributed by atoms with van der Waals surface area (Å²) in [5.41, 5.74) is 4.00. The van der Waals surface area contributed by atoms with E-state index in [-0.39, 0.29) is 5.97 Å². The van der Waals surface area contributed by atoms with Gasteiger partial charge in [0.25, 0.3) is 0 Å². The molecule has 25 heavy (non-hydrogen) atoms.